The Labute approximate surface area is 61.5 Å². The molecular formula is C10H10. The zero-order chi connectivity index (χ0) is 7.23. The summed E-state index contributed by atoms with van der Waals surface area (Å²) in [5.74, 6) is 0. The molecule has 0 bridgehead atoms. The maximum atomic E-state index is 3.01. The zero-order valence-electron chi connectivity index (χ0n) is 6.04. The SMILES string of the molecule is CC=C=Cc1ccccc1. The highest BCUT2D eigenvalue weighted by molar-refractivity contribution is 5.47. The summed E-state index contributed by atoms with van der Waals surface area (Å²) in [7, 11) is 0. The van der Waals surface area contributed by atoms with E-state index in [1.807, 2.05) is 37.3 Å². The quantitative estimate of drug-likeness (QED) is 0.513. The molecule has 0 aliphatic carbocycles. The largest absolute Gasteiger partial charge is 0.125 e. The summed E-state index contributed by atoms with van der Waals surface area (Å²) in [5.41, 5.74) is 4.21. The highest BCUT2D eigenvalue weighted by Gasteiger charge is 1.77. The fourth-order valence-corrected chi connectivity index (χ4v) is 0.729. The van der Waals surface area contributed by atoms with Crippen LogP contribution in [0.2, 0.25) is 0 Å². The van der Waals surface area contributed by atoms with E-state index < -0.39 is 0 Å². The molecule has 1 rings (SSSR count). The van der Waals surface area contributed by atoms with E-state index in [1.54, 1.807) is 0 Å². The normalized spacial score (nSPS) is 8.10. The van der Waals surface area contributed by atoms with Crippen LogP contribution in [0.4, 0.5) is 0 Å². The van der Waals surface area contributed by atoms with Crippen molar-refractivity contribution in [2.45, 2.75) is 6.92 Å². The van der Waals surface area contributed by atoms with Crippen LogP contribution in [0.25, 0.3) is 6.08 Å². The minimum Gasteiger partial charge on any atom is -0.125 e. The van der Waals surface area contributed by atoms with Crippen molar-refractivity contribution in [2.75, 3.05) is 0 Å². The lowest BCUT2D eigenvalue weighted by molar-refractivity contribution is 1.66. The maximum absolute atomic E-state index is 3.01. The van der Waals surface area contributed by atoms with Crippen molar-refractivity contribution in [1.82, 2.24) is 0 Å². The molecule has 0 heterocycles. The molecule has 0 spiro atoms. The van der Waals surface area contributed by atoms with Gasteiger partial charge in [0.15, 0.2) is 0 Å². The van der Waals surface area contributed by atoms with Crippen LogP contribution in [0.15, 0.2) is 42.1 Å². The van der Waals surface area contributed by atoms with E-state index in [0.29, 0.717) is 0 Å². The summed E-state index contributed by atoms with van der Waals surface area (Å²) in [5, 5.41) is 0. The highest BCUT2D eigenvalue weighted by atomic mass is 13.8. The fourth-order valence-electron chi connectivity index (χ4n) is 0.729. The Morgan fingerprint density at radius 1 is 1.20 bits per heavy atom. The highest BCUT2D eigenvalue weighted by Crippen LogP contribution is 1.98. The Morgan fingerprint density at radius 2 is 1.90 bits per heavy atom. The van der Waals surface area contributed by atoms with Crippen molar-refractivity contribution in [3.05, 3.63) is 47.7 Å². The molecule has 1 aromatic rings. The van der Waals surface area contributed by atoms with Crippen LogP contribution >= 0.6 is 0 Å². The van der Waals surface area contributed by atoms with Gasteiger partial charge in [0.2, 0.25) is 0 Å². The molecule has 0 fully saturated rings. The van der Waals surface area contributed by atoms with E-state index in [4.69, 9.17) is 0 Å². The third kappa shape index (κ3) is 1.93. The van der Waals surface area contributed by atoms with Gasteiger partial charge in [-0.3, -0.25) is 0 Å². The molecule has 1 aromatic carbocycles. The first-order valence-corrected chi connectivity index (χ1v) is 3.35. The van der Waals surface area contributed by atoms with E-state index in [9.17, 15) is 0 Å². The molecular weight excluding hydrogens is 120 g/mol. The van der Waals surface area contributed by atoms with Crippen LogP contribution in [0.5, 0.6) is 0 Å². The van der Waals surface area contributed by atoms with E-state index in [1.165, 1.54) is 5.56 Å². The van der Waals surface area contributed by atoms with Crippen molar-refractivity contribution < 1.29 is 0 Å². The molecule has 0 aromatic heterocycles. The summed E-state index contributed by atoms with van der Waals surface area (Å²) in [6.07, 6.45) is 3.85. The Balaban J connectivity index is 2.87. The van der Waals surface area contributed by atoms with Crippen LogP contribution in [0, 0.1) is 0 Å². The van der Waals surface area contributed by atoms with Crippen molar-refractivity contribution >= 4 is 6.08 Å². The first-order valence-electron chi connectivity index (χ1n) is 3.35. The topological polar surface area (TPSA) is 0 Å². The molecule has 0 heteroatoms. The number of rotatable bonds is 1. The molecule has 0 N–H and O–H groups in total. The Morgan fingerprint density at radius 3 is 2.50 bits per heavy atom. The van der Waals surface area contributed by atoms with E-state index in [0.717, 1.165) is 0 Å². The predicted molar refractivity (Wildman–Crippen MR) is 44.7 cm³/mol. The van der Waals surface area contributed by atoms with Gasteiger partial charge in [0.25, 0.3) is 0 Å². The lowest BCUT2D eigenvalue weighted by Crippen LogP contribution is -1.64. The second kappa shape index (κ2) is 3.71. The van der Waals surface area contributed by atoms with Crippen LogP contribution in [-0.2, 0) is 0 Å². The van der Waals surface area contributed by atoms with Gasteiger partial charge in [-0.2, -0.15) is 0 Å². The van der Waals surface area contributed by atoms with E-state index in [-0.39, 0.29) is 0 Å². The molecule has 0 atom stereocenters. The lowest BCUT2D eigenvalue weighted by Gasteiger charge is -1.85. The molecule has 0 nitrogen and oxygen atoms in total. The molecule has 0 saturated carbocycles. The van der Waals surface area contributed by atoms with Crippen molar-refractivity contribution in [2.24, 2.45) is 0 Å². The Bertz CT molecular complexity index is 238. The van der Waals surface area contributed by atoms with Gasteiger partial charge in [-0.1, -0.05) is 30.3 Å². The molecule has 0 unspecified atom stereocenters. The molecule has 0 radical (unpaired) electrons. The van der Waals surface area contributed by atoms with Gasteiger partial charge >= 0.3 is 0 Å². The van der Waals surface area contributed by atoms with Gasteiger partial charge in [0.1, 0.15) is 0 Å². The standard InChI is InChI=1S/C10H10/c1-2-3-7-10-8-5-4-6-9-10/h2,4-9H,1H3. The minimum absolute atomic E-state index is 1.20. The number of allylic oxidation sites excluding steroid dienone is 1. The molecule has 0 amide bonds. The Hall–Kier alpha value is -1.26. The summed E-state index contributed by atoms with van der Waals surface area (Å²) in [6, 6.07) is 10.1. The number of hydrogen-bond acceptors (Lipinski definition) is 0. The van der Waals surface area contributed by atoms with Gasteiger partial charge in [0.05, 0.1) is 0 Å². The Kier molecular flexibility index (Phi) is 2.54. The number of benzene rings is 1. The smallest absolute Gasteiger partial charge is 0.0131 e. The number of hydrogen-bond donors (Lipinski definition) is 0. The average molecular weight is 130 g/mol. The predicted octanol–water partition coefficient (Wildman–Crippen LogP) is 2.87. The van der Waals surface area contributed by atoms with Crippen LogP contribution < -0.4 is 0 Å². The molecule has 0 saturated heterocycles. The molecule has 10 heavy (non-hydrogen) atoms. The van der Waals surface area contributed by atoms with E-state index >= 15 is 0 Å². The monoisotopic (exact) mass is 130 g/mol. The second-order valence-electron chi connectivity index (χ2n) is 2.01. The van der Waals surface area contributed by atoms with Crippen LogP contribution in [-0.4, -0.2) is 0 Å². The zero-order valence-corrected chi connectivity index (χ0v) is 6.04. The molecule has 50 valence electrons. The van der Waals surface area contributed by atoms with E-state index in [2.05, 4.69) is 17.9 Å². The van der Waals surface area contributed by atoms with Gasteiger partial charge in [-0.05, 0) is 24.6 Å². The average Bonchev–Trinajstić information content (AvgIpc) is 2.03. The lowest BCUT2D eigenvalue weighted by atomic mass is 10.2. The van der Waals surface area contributed by atoms with Crippen LogP contribution in [0.1, 0.15) is 12.5 Å². The van der Waals surface area contributed by atoms with Gasteiger partial charge < -0.3 is 0 Å². The molecule has 0 aliphatic rings. The summed E-state index contributed by atoms with van der Waals surface area (Å²) < 4.78 is 0. The first-order chi connectivity index (χ1) is 4.93. The third-order valence-electron chi connectivity index (χ3n) is 1.22. The van der Waals surface area contributed by atoms with Gasteiger partial charge in [-0.25, -0.2) is 0 Å². The van der Waals surface area contributed by atoms with Crippen molar-refractivity contribution in [3.63, 3.8) is 0 Å². The molecule has 0 aliphatic heterocycles. The summed E-state index contributed by atoms with van der Waals surface area (Å²) in [6.45, 7) is 1.96. The van der Waals surface area contributed by atoms with Gasteiger partial charge in [0, 0.05) is 0 Å². The summed E-state index contributed by atoms with van der Waals surface area (Å²) in [4.78, 5) is 0. The maximum Gasteiger partial charge on any atom is -0.0131 e. The second-order valence-corrected chi connectivity index (χ2v) is 2.01. The van der Waals surface area contributed by atoms with Crippen LogP contribution in [0.3, 0.4) is 0 Å². The van der Waals surface area contributed by atoms with Gasteiger partial charge in [-0.15, -0.1) is 5.73 Å². The minimum atomic E-state index is 1.20. The fraction of sp³-hybridized carbons (Fsp3) is 0.100. The van der Waals surface area contributed by atoms with Crippen molar-refractivity contribution in [1.29, 1.82) is 0 Å². The first kappa shape index (κ1) is 6.85. The van der Waals surface area contributed by atoms with Crippen molar-refractivity contribution in [3.8, 4) is 0 Å². The summed E-state index contributed by atoms with van der Waals surface area (Å²) >= 11 is 0. The third-order valence-corrected chi connectivity index (χ3v) is 1.22.